The molecule has 0 N–H and O–H groups in total. The monoisotopic (exact) mass is 400 g/mol. The summed E-state index contributed by atoms with van der Waals surface area (Å²) in [4.78, 5) is 8.33. The van der Waals surface area contributed by atoms with E-state index in [9.17, 15) is 0 Å². The molecule has 0 bridgehead atoms. The Bertz CT molecular complexity index is 618. The van der Waals surface area contributed by atoms with Gasteiger partial charge in [-0.3, -0.25) is 0 Å². The topological polar surface area (TPSA) is 44.2 Å². The molecule has 0 aliphatic rings. The van der Waals surface area contributed by atoms with E-state index < -0.39 is 0 Å². The number of rotatable bonds is 4. The van der Waals surface area contributed by atoms with Gasteiger partial charge in [-0.2, -0.15) is 4.98 Å². The van der Waals surface area contributed by atoms with Gasteiger partial charge in [0.05, 0.1) is 17.8 Å². The normalized spacial score (nSPS) is 10.7. The second-order valence-corrected chi connectivity index (χ2v) is 6.22. The van der Waals surface area contributed by atoms with Crippen LogP contribution < -0.4 is 9.47 Å². The molecule has 106 valence electrons. The van der Waals surface area contributed by atoms with Gasteiger partial charge < -0.3 is 9.47 Å². The number of halogens is 2. The second-order valence-electron chi connectivity index (χ2n) is 4.45. The van der Waals surface area contributed by atoms with Crippen LogP contribution in [-0.4, -0.2) is 17.1 Å². The van der Waals surface area contributed by atoms with Gasteiger partial charge in [-0.25, -0.2) is 4.98 Å². The van der Waals surface area contributed by atoms with Crippen molar-refractivity contribution in [3.8, 4) is 17.6 Å². The molecule has 2 rings (SSSR count). The van der Waals surface area contributed by atoms with Gasteiger partial charge in [0.2, 0.25) is 5.88 Å². The zero-order valence-electron chi connectivity index (χ0n) is 11.4. The Hall–Kier alpha value is -1.14. The number of hydrogen-bond acceptors (Lipinski definition) is 4. The minimum atomic E-state index is 0.259. The van der Waals surface area contributed by atoms with Crippen molar-refractivity contribution in [2.75, 3.05) is 7.11 Å². The lowest BCUT2D eigenvalue weighted by Gasteiger charge is -2.13. The van der Waals surface area contributed by atoms with E-state index in [-0.39, 0.29) is 6.01 Å². The van der Waals surface area contributed by atoms with Gasteiger partial charge >= 0.3 is 6.01 Å². The van der Waals surface area contributed by atoms with Crippen molar-refractivity contribution in [2.24, 2.45) is 0 Å². The fourth-order valence-electron chi connectivity index (χ4n) is 1.69. The van der Waals surface area contributed by atoms with Crippen LogP contribution in [0.4, 0.5) is 0 Å². The third-order valence-corrected chi connectivity index (χ3v) is 3.72. The summed E-state index contributed by atoms with van der Waals surface area (Å²) in [6.07, 6.45) is 1.61. The Morgan fingerprint density at radius 2 is 1.95 bits per heavy atom. The molecule has 1 aromatic carbocycles. The smallest absolute Gasteiger partial charge is 0.325 e. The Morgan fingerprint density at radius 3 is 2.60 bits per heavy atom. The van der Waals surface area contributed by atoms with Gasteiger partial charge in [0.25, 0.3) is 0 Å². The van der Waals surface area contributed by atoms with Gasteiger partial charge in [-0.1, -0.05) is 29.8 Å². The van der Waals surface area contributed by atoms with Crippen molar-refractivity contribution in [3.63, 3.8) is 0 Å². The molecule has 0 atom stereocenters. The highest BCUT2D eigenvalue weighted by Gasteiger charge is 2.12. The summed E-state index contributed by atoms with van der Waals surface area (Å²) >= 11 is 6.78. The molecule has 0 saturated carbocycles. The van der Waals surface area contributed by atoms with Crippen LogP contribution in [0.15, 0.2) is 33.3 Å². The number of hydrogen-bond donors (Lipinski definition) is 0. The quantitative estimate of drug-likeness (QED) is 0.728. The molecule has 0 amide bonds. The van der Waals surface area contributed by atoms with Crippen LogP contribution >= 0.6 is 31.9 Å². The summed E-state index contributed by atoms with van der Waals surface area (Å²) in [5, 5.41) is 0. The van der Waals surface area contributed by atoms with Gasteiger partial charge in [0, 0.05) is 4.47 Å². The van der Waals surface area contributed by atoms with Crippen LogP contribution in [0.5, 0.6) is 17.6 Å². The van der Waals surface area contributed by atoms with Crippen LogP contribution in [-0.2, 0) is 0 Å². The van der Waals surface area contributed by atoms with E-state index in [2.05, 4.69) is 55.7 Å². The van der Waals surface area contributed by atoms with Crippen molar-refractivity contribution in [1.82, 2.24) is 9.97 Å². The molecular formula is C14H14Br2N2O2. The Labute approximate surface area is 134 Å². The van der Waals surface area contributed by atoms with E-state index in [0.29, 0.717) is 16.3 Å². The summed E-state index contributed by atoms with van der Waals surface area (Å²) in [6, 6.07) is 6.12. The van der Waals surface area contributed by atoms with Crippen molar-refractivity contribution >= 4 is 31.9 Å². The lowest BCUT2D eigenvalue weighted by molar-refractivity contribution is 0.372. The van der Waals surface area contributed by atoms with E-state index in [1.807, 2.05) is 18.2 Å². The fraction of sp³-hybridized carbons (Fsp3) is 0.286. The van der Waals surface area contributed by atoms with Crippen molar-refractivity contribution in [1.29, 1.82) is 0 Å². The SMILES string of the molecule is COc1nc(Oc2ccc(Br)cc2C(C)C)ncc1Br. The molecule has 0 unspecified atom stereocenters. The van der Waals surface area contributed by atoms with Gasteiger partial charge in [-0.15, -0.1) is 0 Å². The average molecular weight is 402 g/mol. The average Bonchev–Trinajstić information content (AvgIpc) is 2.42. The molecule has 1 aromatic heterocycles. The molecule has 0 saturated heterocycles. The maximum Gasteiger partial charge on any atom is 0.325 e. The maximum atomic E-state index is 5.78. The van der Waals surface area contributed by atoms with Gasteiger partial charge in [0.15, 0.2) is 0 Å². The number of benzene rings is 1. The summed E-state index contributed by atoms with van der Waals surface area (Å²) in [5.41, 5.74) is 1.09. The maximum absolute atomic E-state index is 5.78. The van der Waals surface area contributed by atoms with Gasteiger partial charge in [0.1, 0.15) is 5.75 Å². The molecule has 2 aromatic rings. The van der Waals surface area contributed by atoms with E-state index in [4.69, 9.17) is 9.47 Å². The molecule has 1 heterocycles. The van der Waals surface area contributed by atoms with Crippen LogP contribution in [0.1, 0.15) is 25.3 Å². The fourth-order valence-corrected chi connectivity index (χ4v) is 2.42. The highest BCUT2D eigenvalue weighted by atomic mass is 79.9. The largest absolute Gasteiger partial charge is 0.480 e. The second kappa shape index (κ2) is 6.54. The number of aromatic nitrogens is 2. The molecule has 20 heavy (non-hydrogen) atoms. The lowest BCUT2D eigenvalue weighted by Crippen LogP contribution is -1.99. The molecule has 0 radical (unpaired) electrons. The molecular weight excluding hydrogens is 388 g/mol. The van der Waals surface area contributed by atoms with Crippen LogP contribution in [0.3, 0.4) is 0 Å². The van der Waals surface area contributed by atoms with Gasteiger partial charge in [-0.05, 0) is 45.6 Å². The van der Waals surface area contributed by atoms with E-state index >= 15 is 0 Å². The minimum Gasteiger partial charge on any atom is -0.480 e. The molecule has 6 heteroatoms. The van der Waals surface area contributed by atoms with Crippen molar-refractivity contribution in [2.45, 2.75) is 19.8 Å². The van der Waals surface area contributed by atoms with E-state index in [1.165, 1.54) is 0 Å². The number of nitrogens with zero attached hydrogens (tertiary/aromatic N) is 2. The first-order valence-corrected chi connectivity index (χ1v) is 7.63. The molecule has 4 nitrogen and oxygen atoms in total. The number of methoxy groups -OCH3 is 1. The highest BCUT2D eigenvalue weighted by Crippen LogP contribution is 2.32. The highest BCUT2D eigenvalue weighted by molar-refractivity contribution is 9.10. The first-order valence-electron chi connectivity index (χ1n) is 6.05. The zero-order chi connectivity index (χ0) is 14.7. The Balaban J connectivity index is 2.34. The van der Waals surface area contributed by atoms with E-state index in [1.54, 1.807) is 13.3 Å². The van der Waals surface area contributed by atoms with E-state index in [0.717, 1.165) is 15.8 Å². The summed E-state index contributed by atoms with van der Waals surface area (Å²) < 4.78 is 12.6. The predicted molar refractivity (Wildman–Crippen MR) is 84.6 cm³/mol. The summed E-state index contributed by atoms with van der Waals surface area (Å²) in [5.74, 6) is 1.52. The summed E-state index contributed by atoms with van der Waals surface area (Å²) in [7, 11) is 1.55. The van der Waals surface area contributed by atoms with Crippen LogP contribution in [0, 0.1) is 0 Å². The zero-order valence-corrected chi connectivity index (χ0v) is 14.5. The minimum absolute atomic E-state index is 0.259. The third kappa shape index (κ3) is 3.49. The summed E-state index contributed by atoms with van der Waals surface area (Å²) in [6.45, 7) is 4.22. The molecule has 0 aliphatic heterocycles. The first-order chi connectivity index (χ1) is 9.51. The Morgan fingerprint density at radius 1 is 1.20 bits per heavy atom. The predicted octanol–water partition coefficient (Wildman–Crippen LogP) is 4.93. The van der Waals surface area contributed by atoms with Crippen LogP contribution in [0.2, 0.25) is 0 Å². The Kier molecular flexibility index (Phi) is 4.99. The van der Waals surface area contributed by atoms with Crippen molar-refractivity contribution < 1.29 is 9.47 Å². The van der Waals surface area contributed by atoms with Crippen molar-refractivity contribution in [3.05, 3.63) is 38.9 Å². The molecule has 0 spiro atoms. The third-order valence-electron chi connectivity index (χ3n) is 2.68. The standard InChI is InChI=1S/C14H14Br2N2O2/c1-8(2)10-6-9(15)4-5-12(10)20-14-17-7-11(16)13(18-14)19-3/h4-8H,1-3H3. The molecule has 0 fully saturated rings. The van der Waals surface area contributed by atoms with Crippen LogP contribution in [0.25, 0.3) is 0 Å². The molecule has 0 aliphatic carbocycles. The first kappa shape index (κ1) is 15.3. The lowest BCUT2D eigenvalue weighted by atomic mass is 10.0. The number of ether oxygens (including phenoxy) is 2.